The molecule has 32 heavy (non-hydrogen) atoms. The number of hydrogen-bond donors (Lipinski definition) is 2. The van der Waals surface area contributed by atoms with Crippen LogP contribution in [0.4, 0.5) is 0 Å². The molecule has 3 aliphatic rings. The Morgan fingerprint density at radius 3 is 2.66 bits per heavy atom. The van der Waals surface area contributed by atoms with Crippen LogP contribution in [0.2, 0.25) is 0 Å². The van der Waals surface area contributed by atoms with Crippen LogP contribution in [0.1, 0.15) is 48.9 Å². The highest BCUT2D eigenvalue weighted by Gasteiger charge is 2.30. The van der Waals surface area contributed by atoms with Crippen LogP contribution >= 0.6 is 21.6 Å². The van der Waals surface area contributed by atoms with Crippen molar-refractivity contribution in [3.8, 4) is 17.2 Å². The third kappa shape index (κ3) is 6.03. The number of carbonyl (C=O) groups is 2. The minimum Gasteiger partial charge on any atom is -0.451 e. The summed E-state index contributed by atoms with van der Waals surface area (Å²) < 4.78 is 17.2. The molecule has 0 aromatic heterocycles. The fourth-order valence-corrected chi connectivity index (χ4v) is 6.98. The molecule has 0 radical (unpaired) electrons. The molecule has 1 aromatic carbocycles. The average Bonchev–Trinajstić information content (AvgIpc) is 3.46. The number of fused-ring (bicyclic) bond motifs is 1. The van der Waals surface area contributed by atoms with Crippen LogP contribution in [0.5, 0.6) is 17.2 Å². The molecular weight excluding hydrogens is 450 g/mol. The average molecular weight is 482 g/mol. The number of nitrogens with one attached hydrogen (secondary N) is 1. The number of unbranched alkanes of at least 4 members (excludes halogenated alkanes) is 1. The zero-order valence-corrected chi connectivity index (χ0v) is 19.8. The van der Waals surface area contributed by atoms with Gasteiger partial charge in [0, 0.05) is 62.2 Å². The normalized spacial score (nSPS) is 22.2. The van der Waals surface area contributed by atoms with Gasteiger partial charge in [-0.1, -0.05) is 28.0 Å². The number of piperazine rings is 1. The highest BCUT2D eigenvalue weighted by atomic mass is 33.1. The number of amides is 1. The molecule has 2 unspecified atom stereocenters. The van der Waals surface area contributed by atoms with Gasteiger partial charge in [-0.05, 0) is 25.8 Å². The van der Waals surface area contributed by atoms with E-state index in [-0.39, 0.29) is 17.6 Å². The highest BCUT2D eigenvalue weighted by Crippen LogP contribution is 2.42. The van der Waals surface area contributed by atoms with Gasteiger partial charge in [0.1, 0.15) is 5.75 Å². The number of esters is 1. The Hall–Kier alpha value is -1.62. The van der Waals surface area contributed by atoms with E-state index >= 15 is 0 Å². The molecule has 3 aliphatic heterocycles. The number of hydrogen-bond acceptors (Lipinski definition) is 9. The second-order valence-electron chi connectivity index (χ2n) is 8.13. The quantitative estimate of drug-likeness (QED) is 0.238. The first-order valence-corrected chi connectivity index (χ1v) is 13.7. The maximum absolute atomic E-state index is 13.2. The van der Waals surface area contributed by atoms with E-state index in [2.05, 4.69) is 5.32 Å². The van der Waals surface area contributed by atoms with Crippen LogP contribution in [0.3, 0.4) is 0 Å². The summed E-state index contributed by atoms with van der Waals surface area (Å²) in [6.07, 6.45) is 4.53. The van der Waals surface area contributed by atoms with Crippen LogP contribution in [0.15, 0.2) is 12.1 Å². The molecule has 0 saturated carbocycles. The van der Waals surface area contributed by atoms with Gasteiger partial charge in [-0.25, -0.2) is 0 Å². The van der Waals surface area contributed by atoms with Crippen molar-refractivity contribution in [2.75, 3.05) is 38.5 Å². The first-order valence-electron chi connectivity index (χ1n) is 11.3. The molecule has 8 nitrogen and oxygen atoms in total. The Kier molecular flexibility index (Phi) is 8.45. The summed E-state index contributed by atoms with van der Waals surface area (Å²) in [6, 6.07) is 3.24. The summed E-state index contributed by atoms with van der Waals surface area (Å²) in [5.74, 6) is 1.91. The van der Waals surface area contributed by atoms with Crippen LogP contribution in [0, 0.1) is 0 Å². The lowest BCUT2D eigenvalue weighted by Gasteiger charge is -2.28. The van der Waals surface area contributed by atoms with Gasteiger partial charge in [0.15, 0.2) is 11.5 Å². The molecule has 1 aromatic rings. The maximum atomic E-state index is 13.2. The Morgan fingerprint density at radius 1 is 1.16 bits per heavy atom. The first-order chi connectivity index (χ1) is 15.6. The maximum Gasteiger partial charge on any atom is 0.311 e. The predicted molar refractivity (Wildman–Crippen MR) is 126 cm³/mol. The van der Waals surface area contributed by atoms with Crippen molar-refractivity contribution in [3.05, 3.63) is 17.7 Å². The third-order valence-electron chi connectivity index (χ3n) is 5.71. The van der Waals surface area contributed by atoms with Crippen molar-refractivity contribution in [3.63, 3.8) is 0 Å². The van der Waals surface area contributed by atoms with E-state index in [1.807, 2.05) is 21.6 Å². The Balaban J connectivity index is 1.42. The van der Waals surface area contributed by atoms with Gasteiger partial charge in [0.25, 0.3) is 5.91 Å². The summed E-state index contributed by atoms with van der Waals surface area (Å²) >= 11 is 0. The minimum absolute atomic E-state index is 0.168. The van der Waals surface area contributed by atoms with Crippen LogP contribution in [-0.2, 0) is 4.79 Å². The number of nitrogens with two attached hydrogens (primary N) is 1. The van der Waals surface area contributed by atoms with Gasteiger partial charge in [-0.3, -0.25) is 9.59 Å². The van der Waals surface area contributed by atoms with Crippen molar-refractivity contribution in [1.29, 1.82) is 0 Å². The van der Waals surface area contributed by atoms with Crippen molar-refractivity contribution in [1.82, 2.24) is 10.2 Å². The van der Waals surface area contributed by atoms with Crippen LogP contribution in [0.25, 0.3) is 0 Å². The molecule has 2 atom stereocenters. The lowest BCUT2D eigenvalue weighted by molar-refractivity contribution is -0.134. The van der Waals surface area contributed by atoms with Gasteiger partial charge in [0.05, 0.1) is 5.56 Å². The number of carbonyl (C=O) groups excluding carboxylic acids is 2. The first kappa shape index (κ1) is 23.5. The summed E-state index contributed by atoms with van der Waals surface area (Å²) in [6.45, 7) is 3.11. The zero-order chi connectivity index (χ0) is 22.3. The van der Waals surface area contributed by atoms with Crippen LogP contribution in [-0.4, -0.2) is 66.8 Å². The number of nitrogens with zero attached hydrogens (tertiary/aromatic N) is 1. The molecule has 2 saturated heterocycles. The van der Waals surface area contributed by atoms with Crippen LogP contribution < -0.4 is 25.3 Å². The minimum atomic E-state index is -0.491. The topological polar surface area (TPSA) is 103 Å². The fraction of sp³-hybridized carbons (Fsp3) is 0.636. The van der Waals surface area contributed by atoms with Gasteiger partial charge >= 0.3 is 5.97 Å². The molecule has 3 N–H and O–H groups in total. The summed E-state index contributed by atoms with van der Waals surface area (Å²) in [7, 11) is 3.89. The summed E-state index contributed by atoms with van der Waals surface area (Å²) in [5.41, 5.74) is 5.94. The zero-order valence-electron chi connectivity index (χ0n) is 18.2. The van der Waals surface area contributed by atoms with Gasteiger partial charge in [0.2, 0.25) is 6.29 Å². The lowest BCUT2D eigenvalue weighted by Crippen LogP contribution is -2.46. The SMILES string of the molecule is NCCC1Oc2cc(OC(=O)CCCCC3CCSS3)c(C(=O)N3CCNCC3)cc2O1. The number of rotatable bonds is 9. The largest absolute Gasteiger partial charge is 0.451 e. The van der Waals surface area contributed by atoms with Crippen molar-refractivity contribution < 1.29 is 23.8 Å². The molecule has 0 aliphatic carbocycles. The predicted octanol–water partition coefficient (Wildman–Crippen LogP) is 2.80. The molecule has 2 fully saturated rings. The molecule has 176 valence electrons. The van der Waals surface area contributed by atoms with E-state index in [4.69, 9.17) is 19.9 Å². The Labute approximate surface area is 196 Å². The van der Waals surface area contributed by atoms with E-state index in [0.29, 0.717) is 54.8 Å². The van der Waals surface area contributed by atoms with Crippen molar-refractivity contribution in [2.45, 2.75) is 50.1 Å². The summed E-state index contributed by atoms with van der Waals surface area (Å²) in [5, 5.41) is 3.94. The number of benzene rings is 1. The summed E-state index contributed by atoms with van der Waals surface area (Å²) in [4.78, 5) is 27.5. The van der Waals surface area contributed by atoms with Gasteiger partial charge in [-0.2, -0.15) is 0 Å². The van der Waals surface area contributed by atoms with E-state index in [0.717, 1.165) is 32.4 Å². The molecule has 4 rings (SSSR count). The molecule has 0 bridgehead atoms. The monoisotopic (exact) mass is 481 g/mol. The van der Waals surface area contributed by atoms with E-state index in [1.54, 1.807) is 17.0 Å². The second kappa shape index (κ2) is 11.5. The standard InChI is InChI=1S/C22H31N3O5S2/c23-7-5-21-29-18-13-16(22(27)25-10-8-24-9-11-25)17(14-19(18)30-21)28-20(26)4-2-1-3-15-6-12-31-32-15/h13-15,21,24H,1-12,23H2. The Bertz CT molecular complexity index is 813. The van der Waals surface area contributed by atoms with Gasteiger partial charge in [-0.15, -0.1) is 0 Å². The van der Waals surface area contributed by atoms with Gasteiger partial charge < -0.3 is 30.2 Å². The molecule has 3 heterocycles. The second-order valence-corrected chi connectivity index (χ2v) is 10.9. The van der Waals surface area contributed by atoms with E-state index in [1.165, 1.54) is 12.2 Å². The molecule has 0 spiro atoms. The van der Waals surface area contributed by atoms with E-state index < -0.39 is 6.29 Å². The number of ether oxygens (including phenoxy) is 3. The highest BCUT2D eigenvalue weighted by molar-refractivity contribution is 8.77. The van der Waals surface area contributed by atoms with E-state index in [9.17, 15) is 9.59 Å². The third-order valence-corrected chi connectivity index (χ3v) is 8.71. The smallest absolute Gasteiger partial charge is 0.311 e. The Morgan fingerprint density at radius 2 is 1.94 bits per heavy atom. The molecule has 10 heteroatoms. The van der Waals surface area contributed by atoms with Crippen molar-refractivity contribution in [2.24, 2.45) is 5.73 Å². The molecular formula is C22H31N3O5S2. The van der Waals surface area contributed by atoms with Crippen molar-refractivity contribution >= 4 is 33.5 Å². The fourth-order valence-electron chi connectivity index (χ4n) is 3.96. The molecule has 1 amide bonds. The lowest BCUT2D eigenvalue weighted by atomic mass is 10.1.